The SMILES string of the molecule is CN(C)CC(CN(C)C)C(=O)c1ccc(O[C@H]2O[C@@H](CO)[C@@H](O)[C@@H](O)[C@H]2O)cc1. The summed E-state index contributed by atoms with van der Waals surface area (Å²) < 4.78 is 10.9. The Kier molecular flexibility index (Phi) is 8.53. The van der Waals surface area contributed by atoms with E-state index in [0.29, 0.717) is 24.4 Å². The topological polar surface area (TPSA) is 123 Å². The molecule has 0 saturated carbocycles. The average Bonchev–Trinajstić information content (AvgIpc) is 2.67. The molecular formula is C20H32N2O7. The van der Waals surface area contributed by atoms with Gasteiger partial charge in [0.25, 0.3) is 0 Å². The molecule has 0 spiro atoms. The second kappa shape index (κ2) is 10.4. The molecule has 0 bridgehead atoms. The maximum Gasteiger partial charge on any atom is 0.229 e. The van der Waals surface area contributed by atoms with Gasteiger partial charge in [-0.25, -0.2) is 0 Å². The Morgan fingerprint density at radius 1 is 1.00 bits per heavy atom. The molecule has 1 aliphatic rings. The van der Waals surface area contributed by atoms with Gasteiger partial charge in [-0.3, -0.25) is 4.79 Å². The third-order valence-corrected chi connectivity index (χ3v) is 4.78. The van der Waals surface area contributed by atoms with Crippen molar-refractivity contribution in [3.63, 3.8) is 0 Å². The maximum atomic E-state index is 12.9. The molecule has 1 saturated heterocycles. The van der Waals surface area contributed by atoms with Crippen molar-refractivity contribution in [2.75, 3.05) is 47.9 Å². The number of rotatable bonds is 9. The number of hydrogen-bond acceptors (Lipinski definition) is 9. The lowest BCUT2D eigenvalue weighted by molar-refractivity contribution is -0.277. The van der Waals surface area contributed by atoms with E-state index in [2.05, 4.69) is 0 Å². The molecule has 0 amide bonds. The summed E-state index contributed by atoms with van der Waals surface area (Å²) in [5, 5.41) is 39.0. The van der Waals surface area contributed by atoms with Crippen LogP contribution >= 0.6 is 0 Å². The van der Waals surface area contributed by atoms with Crippen LogP contribution in [0.2, 0.25) is 0 Å². The van der Waals surface area contributed by atoms with Crippen LogP contribution in [-0.4, -0.2) is 115 Å². The van der Waals surface area contributed by atoms with Crippen molar-refractivity contribution in [1.82, 2.24) is 9.80 Å². The zero-order chi connectivity index (χ0) is 21.7. The fourth-order valence-corrected chi connectivity index (χ4v) is 3.34. The number of ketones is 1. The van der Waals surface area contributed by atoms with Crippen LogP contribution in [0.25, 0.3) is 0 Å². The lowest BCUT2D eigenvalue weighted by Crippen LogP contribution is -2.60. The molecule has 1 heterocycles. The number of ether oxygens (including phenoxy) is 2. The first-order valence-corrected chi connectivity index (χ1v) is 9.55. The van der Waals surface area contributed by atoms with Crippen molar-refractivity contribution in [1.29, 1.82) is 0 Å². The van der Waals surface area contributed by atoms with Crippen LogP contribution in [-0.2, 0) is 4.74 Å². The minimum atomic E-state index is -1.51. The summed E-state index contributed by atoms with van der Waals surface area (Å²) in [5.74, 6) is 0.159. The number of nitrogens with zero attached hydrogens (tertiary/aromatic N) is 2. The van der Waals surface area contributed by atoms with Gasteiger partial charge in [0.1, 0.15) is 30.2 Å². The van der Waals surface area contributed by atoms with Crippen LogP contribution < -0.4 is 4.74 Å². The normalized spacial score (nSPS) is 27.6. The number of aliphatic hydroxyl groups excluding tert-OH is 4. The zero-order valence-corrected chi connectivity index (χ0v) is 17.3. The Balaban J connectivity index is 2.08. The maximum absolute atomic E-state index is 12.9. The Hall–Kier alpha value is -1.59. The minimum absolute atomic E-state index is 0.0202. The summed E-state index contributed by atoms with van der Waals surface area (Å²) >= 11 is 0. The van der Waals surface area contributed by atoms with Crippen LogP contribution in [0, 0.1) is 5.92 Å². The standard InChI is InChI=1S/C20H32N2O7/c1-21(2)9-13(10-22(3)4)16(24)12-5-7-14(8-6-12)28-20-19(27)18(26)17(25)15(11-23)29-20/h5-8,13,15,17-20,23,25-27H,9-11H2,1-4H3/t15-,17+,18+,19+,20-/m0/s1. The highest BCUT2D eigenvalue weighted by molar-refractivity contribution is 5.98. The molecule has 0 aromatic heterocycles. The number of hydrogen-bond donors (Lipinski definition) is 4. The molecule has 0 aliphatic carbocycles. The van der Waals surface area contributed by atoms with Crippen LogP contribution in [0.5, 0.6) is 5.75 Å². The molecule has 29 heavy (non-hydrogen) atoms. The minimum Gasteiger partial charge on any atom is -0.462 e. The Morgan fingerprint density at radius 3 is 2.03 bits per heavy atom. The van der Waals surface area contributed by atoms with Gasteiger partial charge in [0.15, 0.2) is 5.78 Å². The average molecular weight is 412 g/mol. The van der Waals surface area contributed by atoms with E-state index in [1.54, 1.807) is 24.3 Å². The summed E-state index contributed by atoms with van der Waals surface area (Å²) in [6, 6.07) is 6.44. The number of Topliss-reactive ketones (excluding diaryl/α,β-unsaturated/α-hetero) is 1. The summed E-state index contributed by atoms with van der Waals surface area (Å²) in [6.07, 6.45) is -6.75. The van der Waals surface area contributed by atoms with Gasteiger partial charge in [-0.15, -0.1) is 0 Å². The van der Waals surface area contributed by atoms with Crippen molar-refractivity contribution in [2.45, 2.75) is 30.7 Å². The van der Waals surface area contributed by atoms with Gasteiger partial charge in [-0.05, 0) is 52.5 Å². The molecule has 4 N–H and O–H groups in total. The monoisotopic (exact) mass is 412 g/mol. The fourth-order valence-electron chi connectivity index (χ4n) is 3.34. The van der Waals surface area contributed by atoms with E-state index in [9.17, 15) is 25.2 Å². The molecule has 1 aliphatic heterocycles. The largest absolute Gasteiger partial charge is 0.462 e. The van der Waals surface area contributed by atoms with Gasteiger partial charge < -0.3 is 39.7 Å². The van der Waals surface area contributed by atoms with E-state index >= 15 is 0 Å². The number of benzene rings is 1. The fraction of sp³-hybridized carbons (Fsp3) is 0.650. The van der Waals surface area contributed by atoms with Gasteiger partial charge in [0.05, 0.1) is 6.61 Å². The van der Waals surface area contributed by atoms with Gasteiger partial charge >= 0.3 is 0 Å². The van der Waals surface area contributed by atoms with Crippen molar-refractivity contribution in [2.24, 2.45) is 5.92 Å². The van der Waals surface area contributed by atoms with Crippen molar-refractivity contribution in [3.8, 4) is 5.75 Å². The van der Waals surface area contributed by atoms with Gasteiger partial charge in [0, 0.05) is 24.6 Å². The van der Waals surface area contributed by atoms with Crippen molar-refractivity contribution in [3.05, 3.63) is 29.8 Å². The Labute approximate surface area is 171 Å². The molecule has 0 unspecified atom stereocenters. The quantitative estimate of drug-likeness (QED) is 0.370. The van der Waals surface area contributed by atoms with E-state index in [4.69, 9.17) is 9.47 Å². The number of carbonyl (C=O) groups excluding carboxylic acids is 1. The Bertz CT molecular complexity index is 641. The third-order valence-electron chi connectivity index (χ3n) is 4.78. The van der Waals surface area contributed by atoms with E-state index in [0.717, 1.165) is 0 Å². The smallest absolute Gasteiger partial charge is 0.229 e. The van der Waals surface area contributed by atoms with Crippen molar-refractivity contribution < 1.29 is 34.7 Å². The summed E-state index contributed by atoms with van der Waals surface area (Å²) in [4.78, 5) is 16.8. The Morgan fingerprint density at radius 2 is 1.55 bits per heavy atom. The lowest BCUT2D eigenvalue weighted by atomic mass is 9.96. The highest BCUT2D eigenvalue weighted by atomic mass is 16.7. The molecule has 2 rings (SSSR count). The van der Waals surface area contributed by atoms with E-state index in [1.165, 1.54) is 0 Å². The summed E-state index contributed by atoms with van der Waals surface area (Å²) in [7, 11) is 7.70. The van der Waals surface area contributed by atoms with Crippen LogP contribution in [0.3, 0.4) is 0 Å². The first kappa shape index (κ1) is 23.7. The predicted octanol–water partition coefficient (Wildman–Crippen LogP) is -1.21. The van der Waals surface area contributed by atoms with Gasteiger partial charge in [0.2, 0.25) is 6.29 Å². The van der Waals surface area contributed by atoms with Crippen molar-refractivity contribution >= 4 is 5.78 Å². The molecule has 1 aromatic carbocycles. The molecule has 1 fully saturated rings. The van der Waals surface area contributed by atoms with Gasteiger partial charge in [-0.1, -0.05) is 0 Å². The third kappa shape index (κ3) is 6.19. The van der Waals surface area contributed by atoms with E-state index < -0.39 is 37.3 Å². The van der Waals surface area contributed by atoms with Crippen LogP contribution in [0.1, 0.15) is 10.4 Å². The van der Waals surface area contributed by atoms with Gasteiger partial charge in [-0.2, -0.15) is 0 Å². The van der Waals surface area contributed by atoms with Crippen LogP contribution in [0.4, 0.5) is 0 Å². The first-order valence-electron chi connectivity index (χ1n) is 9.55. The predicted molar refractivity (Wildman–Crippen MR) is 106 cm³/mol. The highest BCUT2D eigenvalue weighted by Crippen LogP contribution is 2.25. The first-order chi connectivity index (χ1) is 13.6. The summed E-state index contributed by atoms with van der Waals surface area (Å²) in [5.41, 5.74) is 0.542. The molecule has 164 valence electrons. The summed E-state index contributed by atoms with van der Waals surface area (Å²) in [6.45, 7) is 0.720. The van der Waals surface area contributed by atoms with E-state index in [-0.39, 0.29) is 11.7 Å². The second-order valence-corrected chi connectivity index (χ2v) is 7.93. The molecule has 9 heteroatoms. The lowest BCUT2D eigenvalue weighted by Gasteiger charge is -2.39. The van der Waals surface area contributed by atoms with E-state index in [1.807, 2.05) is 38.0 Å². The second-order valence-electron chi connectivity index (χ2n) is 7.93. The molecule has 1 aromatic rings. The molecule has 5 atom stereocenters. The molecule has 0 radical (unpaired) electrons. The molecular weight excluding hydrogens is 380 g/mol. The zero-order valence-electron chi connectivity index (χ0n) is 17.3. The number of aliphatic hydroxyl groups is 4. The number of carbonyl (C=O) groups is 1. The molecule has 9 nitrogen and oxygen atoms in total. The highest BCUT2D eigenvalue weighted by Gasteiger charge is 2.44. The van der Waals surface area contributed by atoms with Crippen LogP contribution in [0.15, 0.2) is 24.3 Å².